The minimum atomic E-state index is -0.397. The number of anilines is 2. The summed E-state index contributed by atoms with van der Waals surface area (Å²) in [6, 6.07) is 8.20. The Balaban J connectivity index is 1.62. The molecule has 0 spiro atoms. The summed E-state index contributed by atoms with van der Waals surface area (Å²) >= 11 is 1.21. The maximum atomic E-state index is 12.3. The summed E-state index contributed by atoms with van der Waals surface area (Å²) < 4.78 is 5.25. The van der Waals surface area contributed by atoms with Crippen molar-refractivity contribution in [1.82, 2.24) is 9.97 Å². The van der Waals surface area contributed by atoms with Crippen LogP contribution in [0.2, 0.25) is 0 Å². The van der Waals surface area contributed by atoms with Crippen LogP contribution in [0.15, 0.2) is 46.7 Å². The highest BCUT2D eigenvalue weighted by molar-refractivity contribution is 7.14. The molecule has 3 aromatic rings. The molecule has 2 heterocycles. The fourth-order valence-electron chi connectivity index (χ4n) is 2.45. The number of pyridine rings is 1. The van der Waals surface area contributed by atoms with E-state index in [9.17, 15) is 14.4 Å². The number of nitrogens with one attached hydrogen (secondary N) is 3. The van der Waals surface area contributed by atoms with Gasteiger partial charge in [-0.2, -0.15) is 0 Å². The predicted octanol–water partition coefficient (Wildman–Crippen LogP) is 2.58. The van der Waals surface area contributed by atoms with Crippen LogP contribution in [0, 0.1) is 6.92 Å². The van der Waals surface area contributed by atoms with E-state index < -0.39 is 5.91 Å². The van der Waals surface area contributed by atoms with Crippen molar-refractivity contribution in [3.8, 4) is 5.75 Å². The summed E-state index contributed by atoms with van der Waals surface area (Å²) in [7, 11) is 1.54. The third-order valence-electron chi connectivity index (χ3n) is 3.79. The number of amides is 2. The van der Waals surface area contributed by atoms with Crippen molar-refractivity contribution in [3.63, 3.8) is 0 Å². The van der Waals surface area contributed by atoms with Gasteiger partial charge in [-0.3, -0.25) is 19.7 Å². The molecule has 0 radical (unpaired) electrons. The standard InChI is InChI=1S/C19H18N4O4S/c1-11-3-5-15(27-2)14(7-11)22-17(25)8-13-10-28-19(21-13)23-18(26)12-4-6-16(24)20-9-12/h3-7,9-10H,8H2,1-2H3,(H,20,24)(H,22,25)(H,21,23,26). The second-order valence-electron chi connectivity index (χ2n) is 5.97. The molecule has 144 valence electrons. The topological polar surface area (TPSA) is 113 Å². The molecular formula is C19H18N4O4S. The van der Waals surface area contributed by atoms with Gasteiger partial charge in [0.2, 0.25) is 11.5 Å². The Kier molecular flexibility index (Phi) is 5.85. The average molecular weight is 398 g/mol. The fourth-order valence-corrected chi connectivity index (χ4v) is 3.15. The van der Waals surface area contributed by atoms with Crippen LogP contribution in [0.3, 0.4) is 0 Å². The molecule has 0 aliphatic heterocycles. The van der Waals surface area contributed by atoms with Crippen molar-refractivity contribution in [2.75, 3.05) is 17.7 Å². The Hall–Kier alpha value is -3.46. The monoisotopic (exact) mass is 398 g/mol. The van der Waals surface area contributed by atoms with Crippen LogP contribution < -0.4 is 20.9 Å². The second-order valence-corrected chi connectivity index (χ2v) is 6.83. The Morgan fingerprint density at radius 3 is 2.75 bits per heavy atom. The number of hydrogen-bond donors (Lipinski definition) is 3. The normalized spacial score (nSPS) is 10.4. The lowest BCUT2D eigenvalue weighted by atomic mass is 10.2. The van der Waals surface area contributed by atoms with E-state index in [0.29, 0.717) is 27.8 Å². The molecule has 0 atom stereocenters. The van der Waals surface area contributed by atoms with E-state index >= 15 is 0 Å². The summed E-state index contributed by atoms with van der Waals surface area (Å²) in [4.78, 5) is 42.2. The lowest BCUT2D eigenvalue weighted by Gasteiger charge is -2.10. The largest absolute Gasteiger partial charge is 0.495 e. The van der Waals surface area contributed by atoms with Crippen LogP contribution in [0.5, 0.6) is 5.75 Å². The molecule has 0 fully saturated rings. The lowest BCUT2D eigenvalue weighted by molar-refractivity contribution is -0.115. The molecule has 0 bridgehead atoms. The molecule has 0 saturated heterocycles. The number of rotatable bonds is 6. The van der Waals surface area contributed by atoms with E-state index in [0.717, 1.165) is 5.56 Å². The van der Waals surface area contributed by atoms with E-state index in [-0.39, 0.29) is 17.9 Å². The van der Waals surface area contributed by atoms with Gasteiger partial charge in [-0.1, -0.05) is 6.07 Å². The average Bonchev–Trinajstić information content (AvgIpc) is 3.09. The van der Waals surface area contributed by atoms with Gasteiger partial charge >= 0.3 is 0 Å². The molecule has 0 saturated carbocycles. The van der Waals surface area contributed by atoms with Crippen molar-refractivity contribution in [1.29, 1.82) is 0 Å². The number of H-pyrrole nitrogens is 1. The van der Waals surface area contributed by atoms with Crippen LogP contribution in [0.1, 0.15) is 21.6 Å². The van der Waals surface area contributed by atoms with Crippen LogP contribution in [0.4, 0.5) is 10.8 Å². The highest BCUT2D eigenvalue weighted by atomic mass is 32.1. The lowest BCUT2D eigenvalue weighted by Crippen LogP contribution is -2.16. The molecule has 2 amide bonds. The maximum Gasteiger partial charge on any atom is 0.258 e. The Morgan fingerprint density at radius 1 is 1.21 bits per heavy atom. The van der Waals surface area contributed by atoms with Crippen molar-refractivity contribution < 1.29 is 14.3 Å². The van der Waals surface area contributed by atoms with E-state index in [1.807, 2.05) is 19.1 Å². The van der Waals surface area contributed by atoms with E-state index in [4.69, 9.17) is 4.74 Å². The summed E-state index contributed by atoms with van der Waals surface area (Å²) in [5.41, 5.74) is 2.14. The molecule has 2 aromatic heterocycles. The van der Waals surface area contributed by atoms with Gasteiger partial charge < -0.3 is 15.0 Å². The third kappa shape index (κ3) is 4.83. The minimum absolute atomic E-state index is 0.0577. The Morgan fingerprint density at radius 2 is 2.04 bits per heavy atom. The van der Waals surface area contributed by atoms with Gasteiger partial charge in [0, 0.05) is 17.6 Å². The van der Waals surface area contributed by atoms with Crippen molar-refractivity contribution in [2.24, 2.45) is 0 Å². The first kappa shape index (κ1) is 19.3. The molecule has 3 rings (SSSR count). The van der Waals surface area contributed by atoms with Crippen LogP contribution >= 0.6 is 11.3 Å². The van der Waals surface area contributed by atoms with E-state index in [1.54, 1.807) is 11.4 Å². The SMILES string of the molecule is COc1ccc(C)cc1NC(=O)Cc1csc(NC(=O)c2ccc(=O)[nH]c2)n1. The molecule has 9 heteroatoms. The summed E-state index contributed by atoms with van der Waals surface area (Å²) in [5, 5.41) is 7.52. The number of hydrogen-bond acceptors (Lipinski definition) is 6. The number of benzene rings is 1. The molecule has 0 aliphatic rings. The van der Waals surface area contributed by atoms with Gasteiger partial charge in [-0.25, -0.2) is 4.98 Å². The highest BCUT2D eigenvalue weighted by Gasteiger charge is 2.13. The molecule has 28 heavy (non-hydrogen) atoms. The van der Waals surface area contributed by atoms with E-state index in [1.165, 1.54) is 36.8 Å². The number of aromatic amines is 1. The smallest absolute Gasteiger partial charge is 0.258 e. The number of aryl methyl sites for hydroxylation is 1. The molecule has 0 unspecified atom stereocenters. The number of thiazole rings is 1. The summed E-state index contributed by atoms with van der Waals surface area (Å²) in [6.07, 6.45) is 1.39. The Bertz CT molecular complexity index is 1050. The highest BCUT2D eigenvalue weighted by Crippen LogP contribution is 2.25. The van der Waals surface area contributed by atoms with Gasteiger partial charge in [-0.05, 0) is 30.7 Å². The fraction of sp³-hybridized carbons (Fsp3) is 0.158. The van der Waals surface area contributed by atoms with Crippen molar-refractivity contribution in [2.45, 2.75) is 13.3 Å². The van der Waals surface area contributed by atoms with Crippen molar-refractivity contribution in [3.05, 3.63) is 69.1 Å². The molecular weight excluding hydrogens is 380 g/mol. The van der Waals surface area contributed by atoms with Gasteiger partial charge in [0.15, 0.2) is 5.13 Å². The zero-order valence-electron chi connectivity index (χ0n) is 15.2. The zero-order valence-corrected chi connectivity index (χ0v) is 16.1. The first-order valence-corrected chi connectivity index (χ1v) is 9.21. The number of carbonyl (C=O) groups is 2. The number of methoxy groups -OCH3 is 1. The molecule has 1 aromatic carbocycles. The summed E-state index contributed by atoms with van der Waals surface area (Å²) in [6.45, 7) is 1.92. The maximum absolute atomic E-state index is 12.3. The number of nitrogens with zero attached hydrogens (tertiary/aromatic N) is 1. The number of ether oxygens (including phenoxy) is 1. The molecule has 8 nitrogen and oxygen atoms in total. The minimum Gasteiger partial charge on any atom is -0.495 e. The van der Waals surface area contributed by atoms with E-state index in [2.05, 4.69) is 20.6 Å². The first-order valence-electron chi connectivity index (χ1n) is 8.33. The second kappa shape index (κ2) is 8.49. The van der Waals surface area contributed by atoms with Crippen molar-refractivity contribution >= 4 is 34.0 Å². The summed E-state index contributed by atoms with van der Waals surface area (Å²) in [5.74, 6) is -0.0649. The van der Waals surface area contributed by atoms with Crippen LogP contribution in [-0.4, -0.2) is 28.9 Å². The Labute approximate surface area is 164 Å². The van der Waals surface area contributed by atoms with Gasteiger partial charge in [-0.15, -0.1) is 11.3 Å². The zero-order chi connectivity index (χ0) is 20.1. The number of carbonyl (C=O) groups excluding carboxylic acids is 2. The molecule has 0 aliphatic carbocycles. The van der Waals surface area contributed by atoms with Crippen LogP contribution in [-0.2, 0) is 11.2 Å². The van der Waals surface area contributed by atoms with Gasteiger partial charge in [0.05, 0.1) is 30.5 Å². The quantitative estimate of drug-likeness (QED) is 0.591. The first-order chi connectivity index (χ1) is 13.4. The van der Waals surface area contributed by atoms with Gasteiger partial charge in [0.1, 0.15) is 5.75 Å². The third-order valence-corrected chi connectivity index (χ3v) is 4.60. The van der Waals surface area contributed by atoms with Crippen LogP contribution in [0.25, 0.3) is 0 Å². The van der Waals surface area contributed by atoms with Gasteiger partial charge in [0.25, 0.3) is 5.91 Å². The molecule has 3 N–H and O–H groups in total. The number of aromatic nitrogens is 2. The predicted molar refractivity (Wildman–Crippen MR) is 107 cm³/mol.